The van der Waals surface area contributed by atoms with Crippen LogP contribution in [-0.4, -0.2) is 29.6 Å². The summed E-state index contributed by atoms with van der Waals surface area (Å²) in [5.74, 6) is 0.528. The fourth-order valence-electron chi connectivity index (χ4n) is 2.34. The molecular weight excluding hydrogens is 269 g/mol. The number of aromatic nitrogens is 2. The monoisotopic (exact) mass is 285 g/mol. The Hall–Kier alpha value is -2.40. The van der Waals surface area contributed by atoms with Gasteiger partial charge in [0.1, 0.15) is 11.6 Å². The highest BCUT2D eigenvalue weighted by Gasteiger charge is 2.11. The Morgan fingerprint density at radius 3 is 2.90 bits per heavy atom. The summed E-state index contributed by atoms with van der Waals surface area (Å²) in [7, 11) is 1.66. The average molecular weight is 285 g/mol. The Morgan fingerprint density at radius 2 is 2.10 bits per heavy atom. The molecule has 4 nitrogen and oxygen atoms in total. The topological polar surface area (TPSA) is 38.6 Å². The van der Waals surface area contributed by atoms with Gasteiger partial charge in [0.25, 0.3) is 0 Å². The highest BCUT2D eigenvalue weighted by molar-refractivity contribution is 5.75. The van der Waals surface area contributed by atoms with E-state index in [4.69, 9.17) is 4.74 Å². The maximum Gasteiger partial charge on any atom is 0.150 e. The molecule has 0 spiro atoms. The zero-order chi connectivity index (χ0) is 14.7. The van der Waals surface area contributed by atoms with Crippen LogP contribution in [0.4, 0.5) is 10.2 Å². The molecule has 0 radical (unpaired) electrons. The van der Waals surface area contributed by atoms with E-state index >= 15 is 0 Å². The highest BCUT2D eigenvalue weighted by Crippen LogP contribution is 2.27. The van der Waals surface area contributed by atoms with Crippen LogP contribution in [0.3, 0.4) is 0 Å². The van der Waals surface area contributed by atoms with Crippen LogP contribution in [0.5, 0.6) is 0 Å². The first-order valence-corrected chi connectivity index (χ1v) is 6.75. The summed E-state index contributed by atoms with van der Waals surface area (Å²) in [5, 5.41) is 3.22. The maximum atomic E-state index is 14.0. The third-order valence-electron chi connectivity index (χ3n) is 3.33. The zero-order valence-corrected chi connectivity index (χ0v) is 11.7. The minimum atomic E-state index is -0.233. The van der Waals surface area contributed by atoms with Crippen LogP contribution >= 0.6 is 0 Å². The van der Waals surface area contributed by atoms with Gasteiger partial charge in [0, 0.05) is 31.6 Å². The molecule has 0 saturated heterocycles. The maximum absolute atomic E-state index is 14.0. The summed E-state index contributed by atoms with van der Waals surface area (Å²) in [6.07, 6.45) is 3.53. The molecule has 0 amide bonds. The van der Waals surface area contributed by atoms with Crippen LogP contribution in [0.2, 0.25) is 0 Å². The second kappa shape index (κ2) is 5.93. The van der Waals surface area contributed by atoms with Gasteiger partial charge in [-0.3, -0.25) is 0 Å². The fourth-order valence-corrected chi connectivity index (χ4v) is 2.34. The predicted molar refractivity (Wildman–Crippen MR) is 81.0 cm³/mol. The van der Waals surface area contributed by atoms with Crippen molar-refractivity contribution in [2.75, 3.05) is 25.6 Å². The Kier molecular flexibility index (Phi) is 3.83. The second-order valence-corrected chi connectivity index (χ2v) is 4.65. The van der Waals surface area contributed by atoms with Crippen molar-refractivity contribution >= 4 is 11.3 Å². The van der Waals surface area contributed by atoms with Gasteiger partial charge in [-0.2, -0.15) is 0 Å². The van der Waals surface area contributed by atoms with Crippen molar-refractivity contribution in [1.82, 2.24) is 9.38 Å². The van der Waals surface area contributed by atoms with Gasteiger partial charge in [-0.05, 0) is 24.3 Å². The largest absolute Gasteiger partial charge is 0.383 e. The lowest BCUT2D eigenvalue weighted by atomic mass is 10.1. The van der Waals surface area contributed by atoms with Crippen molar-refractivity contribution < 1.29 is 9.13 Å². The molecule has 0 fully saturated rings. The average Bonchev–Trinajstić information content (AvgIpc) is 2.93. The molecule has 2 aromatic heterocycles. The lowest BCUT2D eigenvalue weighted by Crippen LogP contribution is -2.09. The van der Waals surface area contributed by atoms with Gasteiger partial charge >= 0.3 is 0 Å². The first-order valence-electron chi connectivity index (χ1n) is 6.75. The number of benzene rings is 1. The minimum Gasteiger partial charge on any atom is -0.383 e. The first-order chi connectivity index (χ1) is 10.3. The summed E-state index contributed by atoms with van der Waals surface area (Å²) >= 11 is 0. The number of hydrogen-bond donors (Lipinski definition) is 1. The number of methoxy groups -OCH3 is 1. The van der Waals surface area contributed by atoms with Crippen molar-refractivity contribution in [2.24, 2.45) is 0 Å². The summed E-state index contributed by atoms with van der Waals surface area (Å²) in [6, 6.07) is 10.6. The Bertz CT molecular complexity index is 754. The van der Waals surface area contributed by atoms with Crippen molar-refractivity contribution in [3.63, 3.8) is 0 Å². The van der Waals surface area contributed by atoms with E-state index in [1.165, 1.54) is 6.07 Å². The zero-order valence-electron chi connectivity index (χ0n) is 11.7. The molecule has 5 heteroatoms. The molecule has 2 heterocycles. The second-order valence-electron chi connectivity index (χ2n) is 4.65. The van der Waals surface area contributed by atoms with Gasteiger partial charge < -0.3 is 14.5 Å². The normalized spacial score (nSPS) is 11.0. The predicted octanol–water partition coefficient (Wildman–Crippen LogP) is 3.20. The van der Waals surface area contributed by atoms with E-state index in [0.717, 1.165) is 17.0 Å². The van der Waals surface area contributed by atoms with Gasteiger partial charge in [-0.1, -0.05) is 12.1 Å². The molecule has 0 aliphatic heterocycles. The minimum absolute atomic E-state index is 0.233. The van der Waals surface area contributed by atoms with Gasteiger partial charge in [0.2, 0.25) is 0 Å². The summed E-state index contributed by atoms with van der Waals surface area (Å²) in [5.41, 5.74) is 2.29. The molecular formula is C16H16FN3O. The van der Waals surface area contributed by atoms with Crippen LogP contribution in [-0.2, 0) is 4.74 Å². The van der Waals surface area contributed by atoms with Crippen molar-refractivity contribution in [1.29, 1.82) is 0 Å². The molecule has 0 saturated carbocycles. The van der Waals surface area contributed by atoms with Gasteiger partial charge in [0.05, 0.1) is 17.8 Å². The van der Waals surface area contributed by atoms with Crippen LogP contribution in [0.1, 0.15) is 0 Å². The van der Waals surface area contributed by atoms with E-state index in [-0.39, 0.29) is 5.82 Å². The Morgan fingerprint density at radius 1 is 1.24 bits per heavy atom. The SMILES string of the molecule is COCCNc1nccn2c(-c3ccccc3F)ccc12. The number of nitrogens with one attached hydrogen (secondary N) is 1. The smallest absolute Gasteiger partial charge is 0.150 e. The lowest BCUT2D eigenvalue weighted by Gasteiger charge is -2.09. The summed E-state index contributed by atoms with van der Waals surface area (Å²) < 4.78 is 20.9. The molecule has 0 atom stereocenters. The fraction of sp³-hybridized carbons (Fsp3) is 0.188. The number of ether oxygens (including phenoxy) is 1. The van der Waals surface area contributed by atoms with Crippen LogP contribution in [0.25, 0.3) is 16.8 Å². The number of anilines is 1. The molecule has 108 valence electrons. The number of rotatable bonds is 5. The van der Waals surface area contributed by atoms with E-state index in [0.29, 0.717) is 18.7 Å². The molecule has 0 unspecified atom stereocenters. The van der Waals surface area contributed by atoms with Gasteiger partial charge in [0.15, 0.2) is 0 Å². The van der Waals surface area contributed by atoms with Gasteiger partial charge in [-0.25, -0.2) is 9.37 Å². The lowest BCUT2D eigenvalue weighted by molar-refractivity contribution is 0.210. The number of fused-ring (bicyclic) bond motifs is 1. The molecule has 3 rings (SSSR count). The molecule has 21 heavy (non-hydrogen) atoms. The van der Waals surface area contributed by atoms with E-state index in [1.807, 2.05) is 28.8 Å². The molecule has 1 N–H and O–H groups in total. The van der Waals surface area contributed by atoms with E-state index in [2.05, 4.69) is 10.3 Å². The first kappa shape index (κ1) is 13.6. The summed E-state index contributed by atoms with van der Waals surface area (Å²) in [6.45, 7) is 1.27. The van der Waals surface area contributed by atoms with Crippen LogP contribution in [0, 0.1) is 5.82 Å². The van der Waals surface area contributed by atoms with E-state index < -0.39 is 0 Å². The standard InChI is InChI=1S/C16H16FN3O/c1-21-11-9-19-16-15-7-6-14(20(15)10-8-18-16)12-4-2-3-5-13(12)17/h2-8,10H,9,11H2,1H3,(H,18,19). The quantitative estimate of drug-likeness (QED) is 0.732. The van der Waals surface area contributed by atoms with Crippen molar-refractivity contribution in [3.8, 4) is 11.3 Å². The molecule has 0 aliphatic rings. The Balaban J connectivity index is 2.03. The number of halogens is 1. The number of hydrogen-bond acceptors (Lipinski definition) is 3. The highest BCUT2D eigenvalue weighted by atomic mass is 19.1. The number of nitrogens with zero attached hydrogens (tertiary/aromatic N) is 2. The Labute approximate surface area is 122 Å². The van der Waals surface area contributed by atoms with E-state index in [1.54, 1.807) is 25.4 Å². The third-order valence-corrected chi connectivity index (χ3v) is 3.33. The van der Waals surface area contributed by atoms with Crippen LogP contribution in [0.15, 0.2) is 48.8 Å². The molecule has 3 aromatic rings. The van der Waals surface area contributed by atoms with Gasteiger partial charge in [-0.15, -0.1) is 0 Å². The molecule has 0 bridgehead atoms. The third kappa shape index (κ3) is 2.60. The molecule has 0 aliphatic carbocycles. The summed E-state index contributed by atoms with van der Waals surface area (Å²) in [4.78, 5) is 4.33. The van der Waals surface area contributed by atoms with E-state index in [9.17, 15) is 4.39 Å². The van der Waals surface area contributed by atoms with Crippen molar-refractivity contribution in [3.05, 3.63) is 54.6 Å². The van der Waals surface area contributed by atoms with Crippen LogP contribution < -0.4 is 5.32 Å². The molecule has 1 aromatic carbocycles. The van der Waals surface area contributed by atoms with Crippen molar-refractivity contribution in [2.45, 2.75) is 0 Å².